The molecule has 1 heterocycles. The van der Waals surface area contributed by atoms with E-state index in [2.05, 4.69) is 0 Å². The minimum atomic E-state index is -1.05. The van der Waals surface area contributed by atoms with Crippen molar-refractivity contribution in [2.45, 2.75) is 44.9 Å². The molecule has 2 N–H and O–H groups in total. The van der Waals surface area contributed by atoms with Gasteiger partial charge in [0.05, 0.1) is 6.61 Å². The third-order valence-electron chi connectivity index (χ3n) is 2.24. The zero-order valence-corrected chi connectivity index (χ0v) is 9.67. The second-order valence-electron chi connectivity index (χ2n) is 4.19. The lowest BCUT2D eigenvalue weighted by atomic mass is 10.1. The summed E-state index contributed by atoms with van der Waals surface area (Å²) in [5.41, 5.74) is 0. The third-order valence-corrected chi connectivity index (χ3v) is 2.24. The summed E-state index contributed by atoms with van der Waals surface area (Å²) in [6, 6.07) is 0. The largest absolute Gasteiger partial charge is 0.463 e. The highest BCUT2D eigenvalue weighted by molar-refractivity contribution is 5.65. The highest BCUT2D eigenvalue weighted by Crippen LogP contribution is 2.30. The fourth-order valence-corrected chi connectivity index (χ4v) is 1.62. The van der Waals surface area contributed by atoms with E-state index < -0.39 is 36.7 Å². The van der Waals surface area contributed by atoms with Crippen LogP contribution in [0.25, 0.3) is 0 Å². The van der Waals surface area contributed by atoms with Gasteiger partial charge in [-0.2, -0.15) is 0 Å². The maximum absolute atomic E-state index is 10.7. The van der Waals surface area contributed by atoms with Crippen LogP contribution in [0.1, 0.15) is 20.8 Å². The molecule has 1 saturated heterocycles. The predicted octanol–water partition coefficient (Wildman–Crippen LogP) is -0.577. The van der Waals surface area contributed by atoms with Crippen molar-refractivity contribution in [2.75, 3.05) is 13.2 Å². The topological polar surface area (TPSA) is 85.2 Å². The minimum Gasteiger partial charge on any atom is -0.463 e. The standard InChI is InChI=1S/C10H18O6/c1-6(12)14-5-8-9(7(13)4-11)16-10(2,3)15-8/h7-9,11,13H,4-5H2,1-3H3/t7-,8-,9-/m1/s1. The van der Waals surface area contributed by atoms with Crippen molar-refractivity contribution in [3.05, 3.63) is 0 Å². The molecule has 6 heteroatoms. The number of carbonyl (C=O) groups excluding carboxylic acids is 1. The minimum absolute atomic E-state index is 0.000486. The summed E-state index contributed by atoms with van der Waals surface area (Å²) in [6.45, 7) is 4.25. The zero-order chi connectivity index (χ0) is 12.3. The molecule has 1 rings (SSSR count). The van der Waals surface area contributed by atoms with Crippen LogP contribution in [-0.2, 0) is 19.0 Å². The Hall–Kier alpha value is -0.690. The predicted molar refractivity (Wildman–Crippen MR) is 53.6 cm³/mol. The normalized spacial score (nSPS) is 30.1. The van der Waals surface area contributed by atoms with Crippen molar-refractivity contribution in [1.29, 1.82) is 0 Å². The van der Waals surface area contributed by atoms with Gasteiger partial charge in [-0.25, -0.2) is 0 Å². The van der Waals surface area contributed by atoms with E-state index in [0.29, 0.717) is 0 Å². The van der Waals surface area contributed by atoms with E-state index in [-0.39, 0.29) is 6.61 Å². The maximum atomic E-state index is 10.7. The van der Waals surface area contributed by atoms with Gasteiger partial charge in [0.15, 0.2) is 5.79 Å². The van der Waals surface area contributed by atoms with E-state index in [1.165, 1.54) is 6.92 Å². The van der Waals surface area contributed by atoms with Gasteiger partial charge in [-0.3, -0.25) is 4.79 Å². The Labute approximate surface area is 94.1 Å². The van der Waals surface area contributed by atoms with E-state index in [1.807, 2.05) is 0 Å². The average Bonchev–Trinajstić information content (AvgIpc) is 2.49. The molecule has 0 aromatic carbocycles. The molecule has 0 amide bonds. The van der Waals surface area contributed by atoms with Gasteiger partial charge >= 0.3 is 5.97 Å². The number of hydrogen-bond donors (Lipinski definition) is 2. The number of rotatable bonds is 4. The molecule has 0 spiro atoms. The summed E-state index contributed by atoms with van der Waals surface area (Å²) in [6.07, 6.45) is -2.32. The summed E-state index contributed by atoms with van der Waals surface area (Å²) in [5, 5.41) is 18.4. The smallest absolute Gasteiger partial charge is 0.302 e. The molecule has 0 saturated carbocycles. The first-order valence-corrected chi connectivity index (χ1v) is 5.13. The van der Waals surface area contributed by atoms with Crippen LogP contribution >= 0.6 is 0 Å². The first kappa shape index (κ1) is 13.4. The van der Waals surface area contributed by atoms with Crippen LogP contribution < -0.4 is 0 Å². The van der Waals surface area contributed by atoms with Gasteiger partial charge in [0, 0.05) is 6.92 Å². The number of ether oxygens (including phenoxy) is 3. The first-order valence-electron chi connectivity index (χ1n) is 5.13. The van der Waals surface area contributed by atoms with Crippen molar-refractivity contribution in [2.24, 2.45) is 0 Å². The Morgan fingerprint density at radius 1 is 1.50 bits per heavy atom. The van der Waals surface area contributed by atoms with Crippen molar-refractivity contribution in [3.8, 4) is 0 Å². The number of hydrogen-bond acceptors (Lipinski definition) is 6. The van der Waals surface area contributed by atoms with Crippen LogP contribution in [0.4, 0.5) is 0 Å². The van der Waals surface area contributed by atoms with Crippen LogP contribution in [0.15, 0.2) is 0 Å². The molecular formula is C10H18O6. The molecule has 0 unspecified atom stereocenters. The molecule has 0 bridgehead atoms. The summed E-state index contributed by atoms with van der Waals surface area (Å²) >= 11 is 0. The highest BCUT2D eigenvalue weighted by atomic mass is 16.8. The Morgan fingerprint density at radius 2 is 2.12 bits per heavy atom. The molecule has 0 aliphatic carbocycles. The second kappa shape index (κ2) is 5.09. The monoisotopic (exact) mass is 234 g/mol. The number of carbonyl (C=O) groups is 1. The molecule has 1 aliphatic heterocycles. The van der Waals surface area contributed by atoms with Gasteiger partial charge in [0.1, 0.15) is 24.9 Å². The van der Waals surface area contributed by atoms with Gasteiger partial charge in [0.2, 0.25) is 0 Å². The van der Waals surface area contributed by atoms with E-state index >= 15 is 0 Å². The van der Waals surface area contributed by atoms with Crippen molar-refractivity contribution < 1.29 is 29.2 Å². The maximum Gasteiger partial charge on any atom is 0.302 e. The van der Waals surface area contributed by atoms with Crippen LogP contribution in [0.5, 0.6) is 0 Å². The van der Waals surface area contributed by atoms with Crippen molar-refractivity contribution >= 4 is 5.97 Å². The summed E-state index contributed by atoms with van der Waals surface area (Å²) in [4.78, 5) is 10.7. The molecule has 0 radical (unpaired) electrons. The zero-order valence-electron chi connectivity index (χ0n) is 9.67. The molecular weight excluding hydrogens is 216 g/mol. The van der Waals surface area contributed by atoms with Gasteiger partial charge in [-0.15, -0.1) is 0 Å². The summed E-state index contributed by atoms with van der Waals surface area (Å²) in [7, 11) is 0. The van der Waals surface area contributed by atoms with Crippen LogP contribution in [0.3, 0.4) is 0 Å². The lowest BCUT2D eigenvalue weighted by Gasteiger charge is -2.20. The highest BCUT2D eigenvalue weighted by Gasteiger charge is 2.45. The molecule has 1 aliphatic rings. The molecule has 0 aromatic rings. The van der Waals surface area contributed by atoms with E-state index in [4.69, 9.17) is 19.3 Å². The SMILES string of the molecule is CC(=O)OC[C@H]1OC(C)(C)O[C@@H]1[C@H](O)CO. The fourth-order valence-electron chi connectivity index (χ4n) is 1.62. The summed E-state index contributed by atoms with van der Waals surface area (Å²) in [5.74, 6) is -1.28. The lowest BCUT2D eigenvalue weighted by molar-refractivity contribution is -0.162. The second-order valence-corrected chi connectivity index (χ2v) is 4.19. The quantitative estimate of drug-likeness (QED) is 0.633. The Kier molecular flexibility index (Phi) is 4.26. The summed E-state index contributed by atoms with van der Waals surface area (Å²) < 4.78 is 15.7. The number of aliphatic hydroxyl groups is 2. The van der Waals surface area contributed by atoms with Gasteiger partial charge in [-0.1, -0.05) is 0 Å². The molecule has 94 valence electrons. The molecule has 6 nitrogen and oxygen atoms in total. The molecule has 1 fully saturated rings. The third kappa shape index (κ3) is 3.41. The fraction of sp³-hybridized carbons (Fsp3) is 0.900. The van der Waals surface area contributed by atoms with Crippen LogP contribution in [-0.4, -0.2) is 53.5 Å². The number of esters is 1. The van der Waals surface area contributed by atoms with E-state index in [1.54, 1.807) is 13.8 Å². The lowest BCUT2D eigenvalue weighted by Crippen LogP contribution is -2.40. The van der Waals surface area contributed by atoms with Crippen molar-refractivity contribution in [3.63, 3.8) is 0 Å². The Morgan fingerprint density at radius 3 is 2.62 bits per heavy atom. The van der Waals surface area contributed by atoms with Gasteiger partial charge in [0.25, 0.3) is 0 Å². The van der Waals surface area contributed by atoms with Gasteiger partial charge in [-0.05, 0) is 13.8 Å². The molecule has 16 heavy (non-hydrogen) atoms. The molecule has 0 aromatic heterocycles. The number of aliphatic hydroxyl groups excluding tert-OH is 2. The van der Waals surface area contributed by atoms with Crippen molar-refractivity contribution in [1.82, 2.24) is 0 Å². The van der Waals surface area contributed by atoms with E-state index in [9.17, 15) is 9.90 Å². The van der Waals surface area contributed by atoms with E-state index in [0.717, 1.165) is 0 Å². The molecule has 3 atom stereocenters. The Balaban J connectivity index is 2.61. The van der Waals surface area contributed by atoms with Crippen LogP contribution in [0.2, 0.25) is 0 Å². The average molecular weight is 234 g/mol. The van der Waals surface area contributed by atoms with Gasteiger partial charge < -0.3 is 24.4 Å². The first-order chi connectivity index (χ1) is 7.35. The van der Waals surface area contributed by atoms with Crippen LogP contribution in [0, 0.1) is 0 Å². The Bertz CT molecular complexity index is 252.